The minimum atomic E-state index is -4.71. The zero-order valence-corrected chi connectivity index (χ0v) is 10.1. The fraction of sp³-hybridized carbons (Fsp3) is 0.800. The van der Waals surface area contributed by atoms with E-state index in [2.05, 4.69) is 10.1 Å². The van der Waals surface area contributed by atoms with Crippen LogP contribution in [-0.2, 0) is 11.2 Å². The summed E-state index contributed by atoms with van der Waals surface area (Å²) in [5, 5.41) is 12.6. The third-order valence-corrected chi connectivity index (χ3v) is 2.36. The highest BCUT2D eigenvalue weighted by molar-refractivity contribution is 4.97. The highest BCUT2D eigenvalue weighted by Gasteiger charge is 2.44. The Morgan fingerprint density at radius 1 is 1.44 bits per heavy atom. The van der Waals surface area contributed by atoms with Gasteiger partial charge in [-0.15, -0.1) is 0 Å². The Kier molecular flexibility index (Phi) is 5.09. The van der Waals surface area contributed by atoms with Crippen LogP contribution in [0.3, 0.4) is 0 Å². The topological polar surface area (TPSA) is 68.4 Å². The van der Waals surface area contributed by atoms with E-state index in [1.54, 1.807) is 0 Å². The number of aromatic nitrogens is 2. The van der Waals surface area contributed by atoms with E-state index in [0.717, 1.165) is 0 Å². The molecule has 0 aliphatic rings. The molecule has 0 fully saturated rings. The van der Waals surface area contributed by atoms with E-state index in [0.29, 0.717) is 19.6 Å². The van der Waals surface area contributed by atoms with Crippen molar-refractivity contribution in [2.75, 3.05) is 13.2 Å². The van der Waals surface area contributed by atoms with Crippen molar-refractivity contribution in [3.8, 4) is 0 Å². The molecule has 0 aliphatic carbocycles. The van der Waals surface area contributed by atoms with E-state index < -0.39 is 18.2 Å². The van der Waals surface area contributed by atoms with Crippen LogP contribution in [0.15, 0.2) is 4.52 Å². The van der Waals surface area contributed by atoms with Gasteiger partial charge in [-0.1, -0.05) is 12.1 Å². The molecule has 104 valence electrons. The molecule has 5 nitrogen and oxygen atoms in total. The number of aliphatic hydroxyl groups excluding tert-OH is 1. The standard InChI is InChI=1S/C10H15F3N2O3/c1-3-17-5-4-7-14-9(18-15-7)6(2)8(16)10(11,12)13/h6,8,16H,3-5H2,1-2H3. The monoisotopic (exact) mass is 268 g/mol. The Morgan fingerprint density at radius 3 is 2.67 bits per heavy atom. The third-order valence-electron chi connectivity index (χ3n) is 2.36. The van der Waals surface area contributed by atoms with Crippen molar-refractivity contribution in [2.45, 2.75) is 38.5 Å². The van der Waals surface area contributed by atoms with Crippen LogP contribution in [0.2, 0.25) is 0 Å². The molecule has 1 N–H and O–H groups in total. The molecule has 0 aromatic carbocycles. The average Bonchev–Trinajstić information content (AvgIpc) is 2.75. The van der Waals surface area contributed by atoms with Crippen molar-refractivity contribution in [2.24, 2.45) is 0 Å². The van der Waals surface area contributed by atoms with E-state index in [1.165, 1.54) is 6.92 Å². The summed E-state index contributed by atoms with van der Waals surface area (Å²) >= 11 is 0. The molecule has 0 saturated heterocycles. The van der Waals surface area contributed by atoms with Crippen LogP contribution < -0.4 is 0 Å². The van der Waals surface area contributed by atoms with Gasteiger partial charge in [0.15, 0.2) is 11.9 Å². The lowest BCUT2D eigenvalue weighted by atomic mass is 10.1. The molecular formula is C10H15F3N2O3. The first-order chi connectivity index (χ1) is 8.36. The fourth-order valence-corrected chi connectivity index (χ4v) is 1.28. The molecule has 1 rings (SSSR count). The second-order valence-corrected chi connectivity index (χ2v) is 3.77. The van der Waals surface area contributed by atoms with Crippen molar-refractivity contribution >= 4 is 0 Å². The van der Waals surface area contributed by atoms with Gasteiger partial charge in [-0.2, -0.15) is 18.2 Å². The summed E-state index contributed by atoms with van der Waals surface area (Å²) in [6, 6.07) is 0. The smallest absolute Gasteiger partial charge is 0.383 e. The van der Waals surface area contributed by atoms with Gasteiger partial charge in [-0.05, 0) is 6.92 Å². The molecule has 2 unspecified atom stereocenters. The molecule has 0 aliphatic heterocycles. The molecule has 1 aromatic heterocycles. The first-order valence-electron chi connectivity index (χ1n) is 5.51. The lowest BCUT2D eigenvalue weighted by Crippen LogP contribution is -2.33. The first kappa shape index (κ1) is 14.9. The highest BCUT2D eigenvalue weighted by atomic mass is 19.4. The van der Waals surface area contributed by atoms with Crippen molar-refractivity contribution in [1.82, 2.24) is 10.1 Å². The molecule has 2 atom stereocenters. The maximum Gasteiger partial charge on any atom is 0.415 e. The largest absolute Gasteiger partial charge is 0.415 e. The van der Waals surface area contributed by atoms with E-state index in [4.69, 9.17) is 14.4 Å². The van der Waals surface area contributed by atoms with Crippen molar-refractivity contribution in [3.63, 3.8) is 0 Å². The third kappa shape index (κ3) is 3.95. The summed E-state index contributed by atoms with van der Waals surface area (Å²) in [5.74, 6) is -1.26. The summed E-state index contributed by atoms with van der Waals surface area (Å²) < 4.78 is 46.6. The molecule has 0 saturated carbocycles. The number of nitrogens with zero attached hydrogens (tertiary/aromatic N) is 2. The van der Waals surface area contributed by atoms with Crippen LogP contribution in [0.1, 0.15) is 31.5 Å². The number of ether oxygens (including phenoxy) is 1. The van der Waals surface area contributed by atoms with E-state index >= 15 is 0 Å². The SMILES string of the molecule is CCOCCc1noc(C(C)C(O)C(F)(F)F)n1. The molecular weight excluding hydrogens is 253 g/mol. The normalized spacial score (nSPS) is 15.7. The van der Waals surface area contributed by atoms with E-state index in [-0.39, 0.29) is 11.7 Å². The van der Waals surface area contributed by atoms with Crippen LogP contribution in [0.5, 0.6) is 0 Å². The number of rotatable bonds is 6. The fourth-order valence-electron chi connectivity index (χ4n) is 1.28. The summed E-state index contributed by atoms with van der Waals surface area (Å²) in [7, 11) is 0. The molecule has 0 bridgehead atoms. The maximum absolute atomic E-state index is 12.3. The minimum Gasteiger partial charge on any atom is -0.383 e. The summed E-state index contributed by atoms with van der Waals surface area (Å²) in [4.78, 5) is 3.80. The second-order valence-electron chi connectivity index (χ2n) is 3.77. The average molecular weight is 268 g/mol. The van der Waals surface area contributed by atoms with Gasteiger partial charge in [-0.25, -0.2) is 0 Å². The predicted molar refractivity (Wildman–Crippen MR) is 55.0 cm³/mol. The Bertz CT molecular complexity index is 367. The highest BCUT2D eigenvalue weighted by Crippen LogP contribution is 2.30. The Balaban J connectivity index is 2.62. The Labute approximate surface area is 102 Å². The van der Waals surface area contributed by atoms with Gasteiger partial charge in [0.1, 0.15) is 0 Å². The number of alkyl halides is 3. The van der Waals surface area contributed by atoms with Crippen LogP contribution >= 0.6 is 0 Å². The van der Waals surface area contributed by atoms with Gasteiger partial charge in [0.05, 0.1) is 12.5 Å². The number of aliphatic hydroxyl groups is 1. The molecule has 18 heavy (non-hydrogen) atoms. The molecule has 0 spiro atoms. The Morgan fingerprint density at radius 2 is 2.11 bits per heavy atom. The van der Waals surface area contributed by atoms with Crippen molar-refractivity contribution in [1.29, 1.82) is 0 Å². The molecule has 8 heteroatoms. The van der Waals surface area contributed by atoms with Gasteiger partial charge in [0.2, 0.25) is 5.89 Å². The van der Waals surface area contributed by atoms with Crippen LogP contribution in [0.25, 0.3) is 0 Å². The number of hydrogen-bond acceptors (Lipinski definition) is 5. The Hall–Kier alpha value is -1.15. The lowest BCUT2D eigenvalue weighted by molar-refractivity contribution is -0.210. The quantitative estimate of drug-likeness (QED) is 0.795. The molecule has 1 heterocycles. The van der Waals surface area contributed by atoms with Crippen LogP contribution in [0.4, 0.5) is 13.2 Å². The van der Waals surface area contributed by atoms with Gasteiger partial charge >= 0.3 is 6.18 Å². The second kappa shape index (κ2) is 6.14. The number of hydrogen-bond donors (Lipinski definition) is 1. The van der Waals surface area contributed by atoms with Gasteiger partial charge in [0.25, 0.3) is 0 Å². The van der Waals surface area contributed by atoms with Crippen LogP contribution in [0, 0.1) is 0 Å². The van der Waals surface area contributed by atoms with Gasteiger partial charge in [-0.3, -0.25) is 0 Å². The summed E-state index contributed by atoms with van der Waals surface area (Å²) in [6.07, 6.45) is -6.87. The maximum atomic E-state index is 12.3. The van der Waals surface area contributed by atoms with E-state index in [1.807, 2.05) is 6.92 Å². The van der Waals surface area contributed by atoms with E-state index in [9.17, 15) is 13.2 Å². The minimum absolute atomic E-state index is 0.230. The summed E-state index contributed by atoms with van der Waals surface area (Å²) in [5.41, 5.74) is 0. The molecule has 0 radical (unpaired) electrons. The lowest BCUT2D eigenvalue weighted by Gasteiger charge is -2.17. The van der Waals surface area contributed by atoms with Gasteiger partial charge < -0.3 is 14.4 Å². The van der Waals surface area contributed by atoms with Crippen LogP contribution in [-0.4, -0.2) is 40.7 Å². The first-order valence-corrected chi connectivity index (χ1v) is 5.51. The zero-order valence-electron chi connectivity index (χ0n) is 10.1. The number of halogens is 3. The van der Waals surface area contributed by atoms with Crippen molar-refractivity contribution in [3.05, 3.63) is 11.7 Å². The summed E-state index contributed by atoms with van der Waals surface area (Å²) in [6.45, 7) is 3.90. The molecule has 0 amide bonds. The molecule has 1 aromatic rings. The van der Waals surface area contributed by atoms with Gasteiger partial charge in [0, 0.05) is 13.0 Å². The van der Waals surface area contributed by atoms with Crippen molar-refractivity contribution < 1.29 is 27.5 Å². The zero-order chi connectivity index (χ0) is 13.8. The predicted octanol–water partition coefficient (Wildman–Crippen LogP) is 1.68.